The molecule has 0 aliphatic carbocycles. The van der Waals surface area contributed by atoms with Gasteiger partial charge in [-0.3, -0.25) is 9.59 Å². The van der Waals surface area contributed by atoms with Gasteiger partial charge < -0.3 is 10.1 Å². The van der Waals surface area contributed by atoms with E-state index in [4.69, 9.17) is 0 Å². The summed E-state index contributed by atoms with van der Waals surface area (Å²) in [5, 5.41) is 2.19. The number of hydrogen-bond acceptors (Lipinski definition) is 3. The van der Waals surface area contributed by atoms with Crippen LogP contribution < -0.4 is 5.32 Å². The third kappa shape index (κ3) is 3.89. The van der Waals surface area contributed by atoms with E-state index < -0.39 is 35.6 Å². The number of ether oxygens (including phenoxy) is 1. The Balaban J connectivity index is 5.45. The number of hydrogen-bond donors (Lipinski definition) is 1. The van der Waals surface area contributed by atoms with Crippen molar-refractivity contribution in [2.24, 2.45) is 0 Å². The SMILES string of the molecule is CC[C@](OC(C)=O)(C(=O)NC(C)(C)C)C(F)(F)F. The Bertz CT molecular complexity index is 333. The summed E-state index contributed by atoms with van der Waals surface area (Å²) in [6, 6.07) is 0. The van der Waals surface area contributed by atoms with Gasteiger partial charge in [0.2, 0.25) is 0 Å². The predicted octanol–water partition coefficient (Wildman–Crippen LogP) is 2.18. The standard InChI is InChI=1S/C11H18F3NO3/c1-6-10(11(12,13)14,18-7(2)16)8(17)15-9(3,4)5/h6H2,1-5H3,(H,15,17)/t10-/m0/s1. The second kappa shape index (κ2) is 5.16. The van der Waals surface area contributed by atoms with Gasteiger partial charge in [-0.05, 0) is 20.8 Å². The van der Waals surface area contributed by atoms with Crippen LogP contribution in [-0.2, 0) is 14.3 Å². The number of alkyl halides is 3. The molecule has 0 saturated carbocycles. The van der Waals surface area contributed by atoms with Crippen LogP contribution >= 0.6 is 0 Å². The largest absolute Gasteiger partial charge is 0.439 e. The Hall–Kier alpha value is -1.27. The van der Waals surface area contributed by atoms with Gasteiger partial charge >= 0.3 is 12.1 Å². The first-order valence-electron chi connectivity index (χ1n) is 5.44. The molecule has 106 valence electrons. The summed E-state index contributed by atoms with van der Waals surface area (Å²) in [6.07, 6.45) is -5.65. The summed E-state index contributed by atoms with van der Waals surface area (Å²) < 4.78 is 43.4. The molecule has 1 amide bonds. The van der Waals surface area contributed by atoms with Crippen LogP contribution in [0.4, 0.5) is 13.2 Å². The van der Waals surface area contributed by atoms with Gasteiger partial charge in [0.15, 0.2) is 0 Å². The number of nitrogens with one attached hydrogen (secondary N) is 1. The molecule has 0 bridgehead atoms. The minimum Gasteiger partial charge on any atom is -0.439 e. The van der Waals surface area contributed by atoms with Gasteiger partial charge in [-0.25, -0.2) is 0 Å². The normalized spacial score (nSPS) is 15.8. The summed E-state index contributed by atoms with van der Waals surface area (Å²) in [7, 11) is 0. The number of carbonyl (C=O) groups is 2. The molecule has 0 saturated heterocycles. The van der Waals surface area contributed by atoms with Crippen molar-refractivity contribution in [3.63, 3.8) is 0 Å². The lowest BCUT2D eigenvalue weighted by Gasteiger charge is -2.35. The lowest BCUT2D eigenvalue weighted by Crippen LogP contribution is -2.62. The Morgan fingerprint density at radius 3 is 1.83 bits per heavy atom. The van der Waals surface area contributed by atoms with Crippen LogP contribution in [0.5, 0.6) is 0 Å². The maximum Gasteiger partial charge on any atom is 0.437 e. The number of halogens is 3. The minimum atomic E-state index is -4.97. The van der Waals surface area contributed by atoms with Gasteiger partial charge in [-0.2, -0.15) is 13.2 Å². The van der Waals surface area contributed by atoms with E-state index >= 15 is 0 Å². The molecule has 0 heterocycles. The topological polar surface area (TPSA) is 55.4 Å². The molecule has 4 nitrogen and oxygen atoms in total. The Labute approximate surface area is 104 Å². The van der Waals surface area contributed by atoms with Gasteiger partial charge in [0, 0.05) is 18.9 Å². The summed E-state index contributed by atoms with van der Waals surface area (Å²) in [5.41, 5.74) is -3.99. The van der Waals surface area contributed by atoms with Crippen molar-refractivity contribution < 1.29 is 27.5 Å². The first-order valence-corrected chi connectivity index (χ1v) is 5.44. The van der Waals surface area contributed by atoms with Crippen molar-refractivity contribution in [1.82, 2.24) is 5.32 Å². The van der Waals surface area contributed by atoms with Crippen molar-refractivity contribution in [2.75, 3.05) is 0 Å². The third-order valence-electron chi connectivity index (χ3n) is 2.13. The van der Waals surface area contributed by atoms with E-state index in [9.17, 15) is 22.8 Å². The first-order chi connectivity index (χ1) is 7.85. The van der Waals surface area contributed by atoms with E-state index in [1.807, 2.05) is 0 Å². The zero-order valence-electron chi connectivity index (χ0n) is 11.1. The summed E-state index contributed by atoms with van der Waals surface area (Å²) in [6.45, 7) is 6.58. The van der Waals surface area contributed by atoms with Crippen molar-refractivity contribution in [3.05, 3.63) is 0 Å². The fraction of sp³-hybridized carbons (Fsp3) is 0.818. The summed E-state index contributed by atoms with van der Waals surface area (Å²) in [4.78, 5) is 22.6. The second-order valence-corrected chi connectivity index (χ2v) is 4.98. The molecular formula is C11H18F3NO3. The predicted molar refractivity (Wildman–Crippen MR) is 58.7 cm³/mol. The molecule has 0 spiro atoms. The second-order valence-electron chi connectivity index (χ2n) is 4.98. The lowest BCUT2D eigenvalue weighted by atomic mass is 9.96. The van der Waals surface area contributed by atoms with Crippen molar-refractivity contribution in [3.8, 4) is 0 Å². The summed E-state index contributed by atoms with van der Waals surface area (Å²) >= 11 is 0. The van der Waals surface area contributed by atoms with Gasteiger partial charge in [0.1, 0.15) is 0 Å². The van der Waals surface area contributed by atoms with Crippen molar-refractivity contribution >= 4 is 11.9 Å². The third-order valence-corrected chi connectivity index (χ3v) is 2.13. The van der Waals surface area contributed by atoms with Gasteiger partial charge in [-0.1, -0.05) is 6.92 Å². The zero-order chi connectivity index (χ0) is 14.8. The van der Waals surface area contributed by atoms with Crippen LogP contribution in [0, 0.1) is 0 Å². The van der Waals surface area contributed by atoms with E-state index in [1.54, 1.807) is 0 Å². The molecule has 0 aromatic heterocycles. The van der Waals surface area contributed by atoms with E-state index in [2.05, 4.69) is 10.1 Å². The highest BCUT2D eigenvalue weighted by molar-refractivity contribution is 5.89. The Kier molecular flexibility index (Phi) is 4.79. The molecule has 1 atom stereocenters. The van der Waals surface area contributed by atoms with Crippen LogP contribution in [0.15, 0.2) is 0 Å². The number of carbonyl (C=O) groups excluding carboxylic acids is 2. The first kappa shape index (κ1) is 16.7. The van der Waals surface area contributed by atoms with Crippen LogP contribution in [-0.4, -0.2) is 29.2 Å². The van der Waals surface area contributed by atoms with Gasteiger partial charge in [0.05, 0.1) is 0 Å². The monoisotopic (exact) mass is 269 g/mol. The van der Waals surface area contributed by atoms with Crippen LogP contribution in [0.25, 0.3) is 0 Å². The van der Waals surface area contributed by atoms with Gasteiger partial charge in [0.25, 0.3) is 11.5 Å². The van der Waals surface area contributed by atoms with Crippen molar-refractivity contribution in [2.45, 2.75) is 58.4 Å². The molecule has 1 N–H and O–H groups in total. The quantitative estimate of drug-likeness (QED) is 0.799. The number of amides is 1. The Morgan fingerprint density at radius 2 is 1.61 bits per heavy atom. The van der Waals surface area contributed by atoms with E-state index in [-0.39, 0.29) is 0 Å². The lowest BCUT2D eigenvalue weighted by molar-refractivity contribution is -0.262. The highest BCUT2D eigenvalue weighted by atomic mass is 19.4. The molecule has 7 heteroatoms. The fourth-order valence-corrected chi connectivity index (χ4v) is 1.35. The minimum absolute atomic E-state index is 0.683. The fourth-order valence-electron chi connectivity index (χ4n) is 1.35. The molecule has 0 fully saturated rings. The van der Waals surface area contributed by atoms with E-state index in [0.29, 0.717) is 0 Å². The molecule has 0 rings (SSSR count). The maximum absolute atomic E-state index is 13.0. The van der Waals surface area contributed by atoms with E-state index in [1.165, 1.54) is 20.8 Å². The van der Waals surface area contributed by atoms with Crippen LogP contribution in [0.3, 0.4) is 0 Å². The highest BCUT2D eigenvalue weighted by Crippen LogP contribution is 2.37. The average Bonchev–Trinajstić information content (AvgIpc) is 2.08. The summed E-state index contributed by atoms with van der Waals surface area (Å²) in [5.74, 6) is -2.52. The maximum atomic E-state index is 13.0. The van der Waals surface area contributed by atoms with Crippen LogP contribution in [0.1, 0.15) is 41.0 Å². The van der Waals surface area contributed by atoms with E-state index in [0.717, 1.165) is 13.8 Å². The highest BCUT2D eigenvalue weighted by Gasteiger charge is 2.62. The smallest absolute Gasteiger partial charge is 0.437 e. The number of esters is 1. The molecule has 0 aliphatic heterocycles. The molecule has 0 aromatic carbocycles. The zero-order valence-corrected chi connectivity index (χ0v) is 11.1. The number of rotatable bonds is 3. The molecule has 18 heavy (non-hydrogen) atoms. The average molecular weight is 269 g/mol. The molecular weight excluding hydrogens is 251 g/mol. The Morgan fingerprint density at radius 1 is 1.17 bits per heavy atom. The molecule has 0 radical (unpaired) electrons. The molecule has 0 unspecified atom stereocenters. The van der Waals surface area contributed by atoms with Crippen LogP contribution in [0.2, 0.25) is 0 Å². The van der Waals surface area contributed by atoms with Gasteiger partial charge in [-0.15, -0.1) is 0 Å². The molecule has 0 aromatic rings. The van der Waals surface area contributed by atoms with Crippen molar-refractivity contribution in [1.29, 1.82) is 0 Å². The molecule has 0 aliphatic rings.